The van der Waals surface area contributed by atoms with Crippen molar-refractivity contribution in [3.05, 3.63) is 0 Å². The number of nitrogen functional groups attached to an aromatic ring is 1. The van der Waals surface area contributed by atoms with Crippen LogP contribution in [0.15, 0.2) is 0 Å². The summed E-state index contributed by atoms with van der Waals surface area (Å²) in [5, 5.41) is 0.805. The van der Waals surface area contributed by atoms with Gasteiger partial charge < -0.3 is 20.1 Å². The van der Waals surface area contributed by atoms with Crippen molar-refractivity contribution in [3.8, 4) is 0 Å². The third-order valence-corrected chi connectivity index (χ3v) is 2.92. The van der Waals surface area contributed by atoms with E-state index >= 15 is 0 Å². The highest BCUT2D eigenvalue weighted by Crippen LogP contribution is 2.20. The SMILES string of the molecule is COCCN(c1nc(N)ns1)C(C)COC. The minimum absolute atomic E-state index is 0.215. The molecule has 0 spiro atoms. The van der Waals surface area contributed by atoms with Crippen molar-refractivity contribution >= 4 is 22.6 Å². The third-order valence-electron chi connectivity index (χ3n) is 2.15. The van der Waals surface area contributed by atoms with Crippen LogP contribution >= 0.6 is 11.5 Å². The lowest BCUT2D eigenvalue weighted by molar-refractivity contribution is 0.171. The van der Waals surface area contributed by atoms with E-state index in [2.05, 4.69) is 21.2 Å². The van der Waals surface area contributed by atoms with E-state index in [1.54, 1.807) is 14.2 Å². The first-order chi connectivity index (χ1) is 7.69. The molecule has 0 fully saturated rings. The zero-order chi connectivity index (χ0) is 12.0. The maximum Gasteiger partial charge on any atom is 0.233 e. The Bertz CT molecular complexity index is 307. The molecular formula is C9H18N4O2S. The summed E-state index contributed by atoms with van der Waals surface area (Å²) < 4.78 is 14.2. The number of anilines is 2. The zero-order valence-corrected chi connectivity index (χ0v) is 10.7. The molecule has 1 aromatic heterocycles. The van der Waals surface area contributed by atoms with E-state index in [4.69, 9.17) is 15.2 Å². The summed E-state index contributed by atoms with van der Waals surface area (Å²) in [5.41, 5.74) is 5.52. The van der Waals surface area contributed by atoms with Crippen molar-refractivity contribution in [2.24, 2.45) is 0 Å². The molecule has 1 heterocycles. The molecule has 1 aromatic rings. The summed E-state index contributed by atoms with van der Waals surface area (Å²) in [6.45, 7) is 4.07. The molecule has 1 rings (SSSR count). The molecule has 92 valence electrons. The predicted molar refractivity (Wildman–Crippen MR) is 64.9 cm³/mol. The van der Waals surface area contributed by atoms with Crippen LogP contribution in [0.25, 0.3) is 0 Å². The molecule has 1 unspecified atom stereocenters. The monoisotopic (exact) mass is 246 g/mol. The summed E-state index contributed by atoms with van der Waals surface area (Å²) in [6, 6.07) is 0.215. The van der Waals surface area contributed by atoms with Crippen LogP contribution in [0, 0.1) is 0 Å². The average Bonchev–Trinajstić information content (AvgIpc) is 2.66. The lowest BCUT2D eigenvalue weighted by atomic mass is 10.3. The number of methoxy groups -OCH3 is 2. The van der Waals surface area contributed by atoms with E-state index in [1.807, 2.05) is 0 Å². The molecule has 0 aliphatic carbocycles. The Balaban J connectivity index is 2.69. The van der Waals surface area contributed by atoms with Gasteiger partial charge in [-0.1, -0.05) is 0 Å². The first-order valence-corrected chi connectivity index (χ1v) is 5.80. The molecular weight excluding hydrogens is 228 g/mol. The fraction of sp³-hybridized carbons (Fsp3) is 0.778. The molecule has 0 saturated heterocycles. The Morgan fingerprint density at radius 3 is 2.69 bits per heavy atom. The van der Waals surface area contributed by atoms with Gasteiger partial charge in [0, 0.05) is 32.3 Å². The fourth-order valence-corrected chi connectivity index (χ4v) is 2.09. The smallest absolute Gasteiger partial charge is 0.233 e. The predicted octanol–water partition coefficient (Wildman–Crippen LogP) is 0.608. The van der Waals surface area contributed by atoms with E-state index in [1.165, 1.54) is 11.5 Å². The van der Waals surface area contributed by atoms with Gasteiger partial charge in [0.1, 0.15) is 0 Å². The van der Waals surface area contributed by atoms with Crippen molar-refractivity contribution in [1.29, 1.82) is 0 Å². The quantitative estimate of drug-likeness (QED) is 0.760. The number of hydrogen-bond donors (Lipinski definition) is 1. The van der Waals surface area contributed by atoms with Crippen molar-refractivity contribution in [1.82, 2.24) is 9.36 Å². The van der Waals surface area contributed by atoms with Crippen LogP contribution < -0.4 is 10.6 Å². The fourth-order valence-electron chi connectivity index (χ4n) is 1.37. The molecule has 1 atom stereocenters. The van der Waals surface area contributed by atoms with Crippen LogP contribution in [0.3, 0.4) is 0 Å². The number of nitrogens with zero attached hydrogens (tertiary/aromatic N) is 3. The Morgan fingerprint density at radius 1 is 1.44 bits per heavy atom. The Kier molecular flexibility index (Phi) is 5.44. The van der Waals surface area contributed by atoms with E-state index < -0.39 is 0 Å². The standard InChI is InChI=1S/C9H18N4O2S/c1-7(6-15-3)13(4-5-14-2)9-11-8(10)12-16-9/h7H,4-6H2,1-3H3,(H2,10,12). The lowest BCUT2D eigenvalue weighted by Crippen LogP contribution is -2.38. The second kappa shape index (κ2) is 6.62. The maximum atomic E-state index is 5.52. The van der Waals surface area contributed by atoms with Gasteiger partial charge in [0.2, 0.25) is 11.1 Å². The van der Waals surface area contributed by atoms with Crippen LogP contribution in [0.4, 0.5) is 11.1 Å². The Hall–Kier alpha value is -0.920. The van der Waals surface area contributed by atoms with Crippen LogP contribution in [-0.2, 0) is 9.47 Å². The van der Waals surface area contributed by atoms with E-state index in [-0.39, 0.29) is 6.04 Å². The zero-order valence-electron chi connectivity index (χ0n) is 9.84. The van der Waals surface area contributed by atoms with Gasteiger partial charge in [0.15, 0.2) is 0 Å². The highest BCUT2D eigenvalue weighted by molar-refractivity contribution is 7.09. The topological polar surface area (TPSA) is 73.5 Å². The number of aromatic nitrogens is 2. The summed E-state index contributed by atoms with van der Waals surface area (Å²) in [5.74, 6) is 0.312. The van der Waals surface area contributed by atoms with Crippen molar-refractivity contribution in [2.45, 2.75) is 13.0 Å². The molecule has 7 heteroatoms. The summed E-state index contributed by atoms with van der Waals surface area (Å²) in [7, 11) is 3.35. The third kappa shape index (κ3) is 3.58. The van der Waals surface area contributed by atoms with E-state index in [9.17, 15) is 0 Å². The largest absolute Gasteiger partial charge is 0.383 e. The molecule has 0 bridgehead atoms. The van der Waals surface area contributed by atoms with Gasteiger partial charge >= 0.3 is 0 Å². The first-order valence-electron chi connectivity index (χ1n) is 5.02. The van der Waals surface area contributed by atoms with Gasteiger partial charge in [-0.3, -0.25) is 0 Å². The maximum absolute atomic E-state index is 5.52. The van der Waals surface area contributed by atoms with Gasteiger partial charge in [-0.2, -0.15) is 9.36 Å². The molecule has 2 N–H and O–H groups in total. The van der Waals surface area contributed by atoms with E-state index in [0.717, 1.165) is 11.7 Å². The van der Waals surface area contributed by atoms with Crippen LogP contribution in [0.1, 0.15) is 6.92 Å². The van der Waals surface area contributed by atoms with Crippen molar-refractivity contribution < 1.29 is 9.47 Å². The number of nitrogens with two attached hydrogens (primary N) is 1. The Morgan fingerprint density at radius 2 is 2.19 bits per heavy atom. The van der Waals surface area contributed by atoms with Crippen LogP contribution in [-0.4, -0.2) is 49.4 Å². The number of rotatable bonds is 7. The van der Waals surface area contributed by atoms with Gasteiger partial charge in [0.05, 0.1) is 19.3 Å². The molecule has 0 radical (unpaired) electrons. The van der Waals surface area contributed by atoms with Gasteiger partial charge in [-0.05, 0) is 6.92 Å². The van der Waals surface area contributed by atoms with Crippen LogP contribution in [0.2, 0.25) is 0 Å². The van der Waals surface area contributed by atoms with E-state index in [0.29, 0.717) is 19.2 Å². The molecule has 0 aromatic carbocycles. The molecule has 16 heavy (non-hydrogen) atoms. The van der Waals surface area contributed by atoms with Gasteiger partial charge in [-0.25, -0.2) is 0 Å². The minimum Gasteiger partial charge on any atom is -0.383 e. The lowest BCUT2D eigenvalue weighted by Gasteiger charge is -2.27. The minimum atomic E-state index is 0.215. The second-order valence-electron chi connectivity index (χ2n) is 3.43. The summed E-state index contributed by atoms with van der Waals surface area (Å²) >= 11 is 1.29. The molecule has 0 aliphatic rings. The molecule has 0 aliphatic heterocycles. The van der Waals surface area contributed by atoms with Crippen LogP contribution in [0.5, 0.6) is 0 Å². The Labute approximate surface area is 99.5 Å². The van der Waals surface area contributed by atoms with Gasteiger partial charge in [0.25, 0.3) is 0 Å². The van der Waals surface area contributed by atoms with Crippen molar-refractivity contribution in [3.63, 3.8) is 0 Å². The average molecular weight is 246 g/mol. The summed E-state index contributed by atoms with van der Waals surface area (Å²) in [4.78, 5) is 6.25. The van der Waals surface area contributed by atoms with Gasteiger partial charge in [-0.15, -0.1) is 0 Å². The number of ether oxygens (including phenoxy) is 2. The molecule has 0 saturated carbocycles. The molecule has 0 amide bonds. The highest BCUT2D eigenvalue weighted by atomic mass is 32.1. The highest BCUT2D eigenvalue weighted by Gasteiger charge is 2.17. The summed E-state index contributed by atoms with van der Waals surface area (Å²) in [6.07, 6.45) is 0. The number of hydrogen-bond acceptors (Lipinski definition) is 7. The molecule has 6 nitrogen and oxygen atoms in total. The second-order valence-corrected chi connectivity index (χ2v) is 4.16. The first kappa shape index (κ1) is 13.1. The van der Waals surface area contributed by atoms with Crippen molar-refractivity contribution in [2.75, 3.05) is 44.6 Å². The normalized spacial score (nSPS) is 12.7.